The molecule has 0 saturated heterocycles. The lowest BCUT2D eigenvalue weighted by Gasteiger charge is -2.08. The highest BCUT2D eigenvalue weighted by molar-refractivity contribution is 9.10. The molecular formula is C24H19BrF4N2O8. The van der Waals surface area contributed by atoms with Crippen molar-refractivity contribution in [3.8, 4) is 35.1 Å². The van der Waals surface area contributed by atoms with Gasteiger partial charge in [-0.05, 0) is 49.7 Å². The first-order chi connectivity index (χ1) is 18.3. The normalized spacial score (nSPS) is 15.1. The van der Waals surface area contributed by atoms with Crippen molar-refractivity contribution in [1.82, 2.24) is 0 Å². The van der Waals surface area contributed by atoms with E-state index in [2.05, 4.69) is 39.6 Å². The molecule has 0 amide bonds. The quantitative estimate of drug-likeness (QED) is 0.316. The zero-order chi connectivity index (χ0) is 29.2. The molecule has 0 spiro atoms. The fourth-order valence-corrected chi connectivity index (χ4v) is 3.17. The Morgan fingerprint density at radius 3 is 1.90 bits per heavy atom. The van der Waals surface area contributed by atoms with Gasteiger partial charge in [0.15, 0.2) is 28.9 Å². The van der Waals surface area contributed by atoms with Gasteiger partial charge in [0.2, 0.25) is 0 Å². The van der Waals surface area contributed by atoms with Crippen LogP contribution < -0.4 is 18.9 Å². The first-order valence-corrected chi connectivity index (χ1v) is 11.7. The van der Waals surface area contributed by atoms with Crippen LogP contribution in [0.3, 0.4) is 0 Å². The lowest BCUT2D eigenvalue weighted by molar-refractivity contribution is -0.287. The second kappa shape index (κ2) is 13.5. The molecule has 0 bridgehead atoms. The van der Waals surface area contributed by atoms with E-state index in [0.29, 0.717) is 11.1 Å². The average Bonchev–Trinajstić information content (AvgIpc) is 3.32. The van der Waals surface area contributed by atoms with Crippen molar-refractivity contribution in [1.29, 1.82) is 10.5 Å². The largest absolute Gasteiger partial charge is 0.586 e. The highest BCUT2D eigenvalue weighted by Gasteiger charge is 2.44. The van der Waals surface area contributed by atoms with Gasteiger partial charge in [0, 0.05) is 4.47 Å². The number of hydrogen-bond donors (Lipinski definition) is 0. The Bertz CT molecular complexity index is 1280. The van der Waals surface area contributed by atoms with E-state index >= 15 is 0 Å². The Morgan fingerprint density at radius 2 is 1.38 bits per heavy atom. The third kappa shape index (κ3) is 9.22. The summed E-state index contributed by atoms with van der Waals surface area (Å²) in [5, 5.41) is 16.9. The van der Waals surface area contributed by atoms with Crippen LogP contribution in [0.4, 0.5) is 17.6 Å². The van der Waals surface area contributed by atoms with Gasteiger partial charge in [0.25, 0.3) is 0 Å². The number of carbonyl (C=O) groups excluding carboxylic acids is 2. The van der Waals surface area contributed by atoms with Gasteiger partial charge in [-0.25, -0.2) is 0 Å². The smallest absolute Gasteiger partial charge is 0.465 e. The summed E-state index contributed by atoms with van der Waals surface area (Å²) in [5.74, 6) is -2.63. The number of fused-ring (bicyclic) bond motifs is 2. The SMILES string of the molecule is CCOC(=O)C(C#N)c1ccc2c(c1)OC(F)(F)O2.CCOC(=O)CC#N.FC1(F)Oc2ccc(Br)cc2O1. The summed E-state index contributed by atoms with van der Waals surface area (Å²) in [5.41, 5.74) is 0.209. The summed E-state index contributed by atoms with van der Waals surface area (Å²) < 4.78 is 77.1. The first kappa shape index (κ1) is 31.0. The standard InChI is InChI=1S/C12H9F2NO4.C7H3BrF2O2.C5H7NO2/c1-2-17-11(16)8(6-15)7-3-4-9-10(5-7)19-12(13,14)18-9;8-4-1-2-5-6(3-4)12-7(9,10)11-5;1-2-8-5(7)3-4-6/h3-5,8H,2H2,1H3;1-3H;2-3H2,1H3. The Balaban J connectivity index is 0.000000228. The molecule has 0 aromatic heterocycles. The van der Waals surface area contributed by atoms with Gasteiger partial charge >= 0.3 is 24.5 Å². The summed E-state index contributed by atoms with van der Waals surface area (Å²) in [6.07, 6.45) is -7.40. The van der Waals surface area contributed by atoms with Gasteiger partial charge in [0.05, 0.1) is 25.4 Å². The molecule has 2 heterocycles. The van der Waals surface area contributed by atoms with Crippen molar-refractivity contribution < 1.29 is 55.6 Å². The second-order valence-electron chi connectivity index (χ2n) is 7.09. The van der Waals surface area contributed by atoms with Crippen molar-refractivity contribution in [3.05, 3.63) is 46.4 Å². The number of alkyl halides is 4. The molecule has 0 saturated carbocycles. The molecule has 2 aromatic carbocycles. The highest BCUT2D eigenvalue weighted by Crippen LogP contribution is 2.43. The van der Waals surface area contributed by atoms with Gasteiger partial charge in [-0.1, -0.05) is 22.0 Å². The van der Waals surface area contributed by atoms with Crippen molar-refractivity contribution >= 4 is 27.9 Å². The number of hydrogen-bond acceptors (Lipinski definition) is 10. The van der Waals surface area contributed by atoms with Crippen LogP contribution >= 0.6 is 15.9 Å². The van der Waals surface area contributed by atoms with Crippen LogP contribution in [-0.2, 0) is 19.1 Å². The van der Waals surface area contributed by atoms with Crippen LogP contribution in [-0.4, -0.2) is 37.7 Å². The number of esters is 2. The number of benzene rings is 2. The molecule has 2 aliphatic rings. The predicted molar refractivity (Wildman–Crippen MR) is 125 cm³/mol. The number of carbonyl (C=O) groups is 2. The van der Waals surface area contributed by atoms with Crippen molar-refractivity contribution in [2.75, 3.05) is 13.2 Å². The monoisotopic (exact) mass is 618 g/mol. The Hall–Kier alpha value is -4.24. The van der Waals surface area contributed by atoms with E-state index in [-0.39, 0.29) is 41.6 Å². The van der Waals surface area contributed by atoms with E-state index in [1.165, 1.54) is 30.3 Å². The van der Waals surface area contributed by atoms with Gasteiger partial charge in [-0.3, -0.25) is 9.59 Å². The van der Waals surface area contributed by atoms with Gasteiger partial charge in [-0.2, -0.15) is 10.5 Å². The topological polar surface area (TPSA) is 137 Å². The molecular weight excluding hydrogens is 600 g/mol. The molecule has 0 aliphatic carbocycles. The van der Waals surface area contributed by atoms with Gasteiger partial charge in [-0.15, -0.1) is 17.6 Å². The van der Waals surface area contributed by atoms with Crippen molar-refractivity contribution in [3.63, 3.8) is 0 Å². The van der Waals surface area contributed by atoms with Gasteiger partial charge < -0.3 is 28.4 Å². The zero-order valence-corrected chi connectivity index (χ0v) is 21.8. The van der Waals surface area contributed by atoms with E-state index < -0.39 is 30.4 Å². The molecule has 208 valence electrons. The van der Waals surface area contributed by atoms with E-state index in [0.717, 1.165) is 0 Å². The lowest BCUT2D eigenvalue weighted by Crippen LogP contribution is -2.25. The minimum absolute atomic E-state index is 0.0503. The molecule has 0 radical (unpaired) electrons. The molecule has 10 nitrogen and oxygen atoms in total. The molecule has 4 rings (SSSR count). The van der Waals surface area contributed by atoms with E-state index in [1.807, 2.05) is 0 Å². The number of nitrogens with zero attached hydrogens (tertiary/aromatic N) is 2. The maximum atomic E-state index is 12.8. The maximum Gasteiger partial charge on any atom is 0.586 e. The highest BCUT2D eigenvalue weighted by atomic mass is 79.9. The van der Waals surface area contributed by atoms with Crippen molar-refractivity contribution in [2.24, 2.45) is 0 Å². The molecule has 1 atom stereocenters. The second-order valence-corrected chi connectivity index (χ2v) is 8.00. The average molecular weight is 619 g/mol. The first-order valence-electron chi connectivity index (χ1n) is 10.9. The summed E-state index contributed by atoms with van der Waals surface area (Å²) in [6.45, 7) is 3.78. The number of nitriles is 2. The lowest BCUT2D eigenvalue weighted by atomic mass is 10.0. The fraction of sp³-hybridized carbons (Fsp3) is 0.333. The van der Waals surface area contributed by atoms with Crippen LogP contribution in [0.25, 0.3) is 0 Å². The number of ether oxygens (including phenoxy) is 6. The molecule has 2 aromatic rings. The predicted octanol–water partition coefficient (Wildman–Crippen LogP) is 5.41. The van der Waals surface area contributed by atoms with Gasteiger partial charge in [0.1, 0.15) is 6.42 Å². The number of halogens is 5. The molecule has 0 N–H and O–H groups in total. The summed E-state index contributed by atoms with van der Waals surface area (Å²) in [4.78, 5) is 21.7. The summed E-state index contributed by atoms with van der Waals surface area (Å²) in [6, 6.07) is 11.6. The van der Waals surface area contributed by atoms with Crippen LogP contribution in [0.2, 0.25) is 0 Å². The summed E-state index contributed by atoms with van der Waals surface area (Å²) >= 11 is 3.12. The Kier molecular flexibility index (Phi) is 10.7. The third-order valence-corrected chi connectivity index (χ3v) is 4.80. The van der Waals surface area contributed by atoms with Crippen LogP contribution in [0.5, 0.6) is 23.0 Å². The third-order valence-electron chi connectivity index (χ3n) is 4.30. The summed E-state index contributed by atoms with van der Waals surface area (Å²) in [7, 11) is 0. The fourth-order valence-electron chi connectivity index (χ4n) is 2.83. The number of rotatable bonds is 5. The molecule has 0 fully saturated rings. The van der Waals surface area contributed by atoms with Crippen LogP contribution in [0, 0.1) is 22.7 Å². The molecule has 39 heavy (non-hydrogen) atoms. The molecule has 1 unspecified atom stereocenters. The minimum Gasteiger partial charge on any atom is -0.465 e. The van der Waals surface area contributed by atoms with E-state index in [4.69, 9.17) is 15.3 Å². The molecule has 15 heteroatoms. The zero-order valence-electron chi connectivity index (χ0n) is 20.2. The Labute approximate surface area is 227 Å². The Morgan fingerprint density at radius 1 is 0.872 bits per heavy atom. The van der Waals surface area contributed by atoms with E-state index in [1.54, 1.807) is 32.1 Å². The maximum absolute atomic E-state index is 12.8. The molecule has 2 aliphatic heterocycles. The van der Waals surface area contributed by atoms with Crippen LogP contribution in [0.1, 0.15) is 31.7 Å². The van der Waals surface area contributed by atoms with Crippen molar-refractivity contribution in [2.45, 2.75) is 38.8 Å². The van der Waals surface area contributed by atoms with Crippen LogP contribution in [0.15, 0.2) is 40.9 Å². The minimum atomic E-state index is -3.73. The van der Waals surface area contributed by atoms with E-state index in [9.17, 15) is 27.2 Å².